The number of piperazine rings is 1. The zero-order valence-corrected chi connectivity index (χ0v) is 18.1. The van der Waals surface area contributed by atoms with Gasteiger partial charge < -0.3 is 14.4 Å². The standard InChI is InChI=1S/C24H21FN4O2S/c25-18-4-2-17(3-5-18)19-13-32-24-22(19)23(26-14-27-24)29-9-7-28(8-10-29)12-16-1-6-20-21(11-16)31-15-30-20/h1-6,11,13-14H,7-10,12,15H2. The van der Waals surface area contributed by atoms with Crippen LogP contribution >= 0.6 is 11.3 Å². The van der Waals surface area contributed by atoms with Gasteiger partial charge in [0.05, 0.1) is 5.39 Å². The second kappa shape index (κ2) is 8.03. The van der Waals surface area contributed by atoms with Crippen molar-refractivity contribution in [1.82, 2.24) is 14.9 Å². The molecule has 0 radical (unpaired) electrons. The number of benzene rings is 2. The van der Waals surface area contributed by atoms with Gasteiger partial charge in [-0.3, -0.25) is 4.90 Å². The Balaban J connectivity index is 1.21. The van der Waals surface area contributed by atoms with Gasteiger partial charge in [-0.05, 0) is 35.4 Å². The van der Waals surface area contributed by atoms with Gasteiger partial charge >= 0.3 is 0 Å². The van der Waals surface area contributed by atoms with Gasteiger partial charge in [0.15, 0.2) is 11.5 Å². The topological polar surface area (TPSA) is 50.7 Å². The number of rotatable bonds is 4. The SMILES string of the molecule is Fc1ccc(-c2csc3ncnc(N4CCN(Cc5ccc6c(c5)OCO6)CC4)c23)cc1. The van der Waals surface area contributed by atoms with Crippen molar-refractivity contribution in [3.63, 3.8) is 0 Å². The molecule has 2 aromatic carbocycles. The van der Waals surface area contributed by atoms with E-state index in [1.807, 2.05) is 18.2 Å². The van der Waals surface area contributed by atoms with Crippen molar-refractivity contribution < 1.29 is 13.9 Å². The normalized spacial score (nSPS) is 16.1. The minimum atomic E-state index is -0.233. The third kappa shape index (κ3) is 3.55. The highest BCUT2D eigenvalue weighted by Gasteiger charge is 2.23. The summed E-state index contributed by atoms with van der Waals surface area (Å²) < 4.78 is 24.3. The molecule has 0 atom stereocenters. The zero-order chi connectivity index (χ0) is 21.5. The average molecular weight is 449 g/mol. The zero-order valence-electron chi connectivity index (χ0n) is 17.3. The Kier molecular flexibility index (Phi) is 4.88. The van der Waals surface area contributed by atoms with E-state index in [1.54, 1.807) is 17.7 Å². The number of ether oxygens (including phenoxy) is 2. The lowest BCUT2D eigenvalue weighted by Crippen LogP contribution is -2.46. The van der Waals surface area contributed by atoms with Gasteiger partial charge in [-0.2, -0.15) is 0 Å². The fourth-order valence-electron chi connectivity index (χ4n) is 4.36. The lowest BCUT2D eigenvalue weighted by atomic mass is 10.1. The molecule has 162 valence electrons. The van der Waals surface area contributed by atoms with Crippen molar-refractivity contribution in [2.24, 2.45) is 0 Å². The molecule has 0 spiro atoms. The molecule has 0 amide bonds. The van der Waals surface area contributed by atoms with Crippen LogP contribution in [0.5, 0.6) is 11.5 Å². The Bertz CT molecular complexity index is 1270. The van der Waals surface area contributed by atoms with Crippen LogP contribution in [0.4, 0.5) is 10.2 Å². The molecule has 4 aromatic rings. The van der Waals surface area contributed by atoms with Gasteiger partial charge in [0.2, 0.25) is 6.79 Å². The van der Waals surface area contributed by atoms with E-state index in [4.69, 9.17) is 9.47 Å². The van der Waals surface area contributed by atoms with E-state index in [2.05, 4.69) is 37.3 Å². The molecule has 2 aliphatic heterocycles. The van der Waals surface area contributed by atoms with E-state index in [0.717, 1.165) is 71.4 Å². The van der Waals surface area contributed by atoms with E-state index in [1.165, 1.54) is 17.7 Å². The molecular formula is C24H21FN4O2S. The van der Waals surface area contributed by atoms with E-state index in [0.29, 0.717) is 6.79 Å². The summed E-state index contributed by atoms with van der Waals surface area (Å²) in [4.78, 5) is 14.9. The Morgan fingerprint density at radius 1 is 0.938 bits per heavy atom. The van der Waals surface area contributed by atoms with E-state index in [9.17, 15) is 4.39 Å². The van der Waals surface area contributed by atoms with Gasteiger partial charge in [-0.15, -0.1) is 11.3 Å². The number of thiophene rings is 1. The summed E-state index contributed by atoms with van der Waals surface area (Å²) in [6, 6.07) is 12.8. The Labute approximate surface area is 188 Å². The van der Waals surface area contributed by atoms with Gasteiger partial charge in [-0.1, -0.05) is 18.2 Å². The number of fused-ring (bicyclic) bond motifs is 2. The number of hydrogen-bond donors (Lipinski definition) is 0. The third-order valence-electron chi connectivity index (χ3n) is 6.02. The maximum atomic E-state index is 13.4. The van der Waals surface area contributed by atoms with Crippen LogP contribution in [0.2, 0.25) is 0 Å². The molecule has 6 rings (SSSR count). The molecule has 1 fully saturated rings. The lowest BCUT2D eigenvalue weighted by Gasteiger charge is -2.35. The summed E-state index contributed by atoms with van der Waals surface area (Å²) in [6.07, 6.45) is 1.64. The summed E-state index contributed by atoms with van der Waals surface area (Å²) in [5.74, 6) is 2.37. The van der Waals surface area contributed by atoms with Crippen molar-refractivity contribution in [3.8, 4) is 22.6 Å². The Morgan fingerprint density at radius 2 is 1.75 bits per heavy atom. The van der Waals surface area contributed by atoms with Crippen LogP contribution in [0.1, 0.15) is 5.56 Å². The second-order valence-corrected chi connectivity index (χ2v) is 8.84. The highest BCUT2D eigenvalue weighted by molar-refractivity contribution is 7.17. The molecule has 2 aliphatic rings. The maximum absolute atomic E-state index is 13.4. The Morgan fingerprint density at radius 3 is 2.59 bits per heavy atom. The minimum absolute atomic E-state index is 0.233. The predicted molar refractivity (Wildman–Crippen MR) is 123 cm³/mol. The van der Waals surface area contributed by atoms with E-state index >= 15 is 0 Å². The lowest BCUT2D eigenvalue weighted by molar-refractivity contribution is 0.174. The molecular weight excluding hydrogens is 427 g/mol. The van der Waals surface area contributed by atoms with Gasteiger partial charge in [0.1, 0.15) is 22.8 Å². The highest BCUT2D eigenvalue weighted by atomic mass is 32.1. The Hall–Kier alpha value is -3.23. The first-order chi connectivity index (χ1) is 15.7. The minimum Gasteiger partial charge on any atom is -0.454 e. The molecule has 4 heterocycles. The van der Waals surface area contributed by atoms with Crippen molar-refractivity contribution >= 4 is 27.4 Å². The molecule has 0 bridgehead atoms. The second-order valence-electron chi connectivity index (χ2n) is 7.98. The number of nitrogens with zero attached hydrogens (tertiary/aromatic N) is 4. The number of aromatic nitrogens is 2. The first kappa shape index (κ1) is 19.5. The van der Waals surface area contributed by atoms with E-state index < -0.39 is 0 Å². The first-order valence-electron chi connectivity index (χ1n) is 10.6. The smallest absolute Gasteiger partial charge is 0.231 e. The van der Waals surface area contributed by atoms with Crippen LogP contribution in [0.25, 0.3) is 21.3 Å². The van der Waals surface area contributed by atoms with Crippen LogP contribution in [-0.4, -0.2) is 47.8 Å². The van der Waals surface area contributed by atoms with Crippen LogP contribution in [0, 0.1) is 5.82 Å². The highest BCUT2D eigenvalue weighted by Crippen LogP contribution is 2.38. The summed E-state index contributed by atoms with van der Waals surface area (Å²) in [5, 5.41) is 3.14. The van der Waals surface area contributed by atoms with Crippen LogP contribution in [-0.2, 0) is 6.54 Å². The summed E-state index contributed by atoms with van der Waals surface area (Å²) in [7, 11) is 0. The fraction of sp³-hybridized carbons (Fsp3) is 0.250. The molecule has 1 saturated heterocycles. The molecule has 0 unspecified atom stereocenters. The molecule has 0 N–H and O–H groups in total. The fourth-order valence-corrected chi connectivity index (χ4v) is 5.27. The van der Waals surface area contributed by atoms with Crippen molar-refractivity contribution in [2.45, 2.75) is 6.54 Å². The van der Waals surface area contributed by atoms with Crippen molar-refractivity contribution in [3.05, 3.63) is 65.6 Å². The summed E-state index contributed by atoms with van der Waals surface area (Å²) in [5.41, 5.74) is 3.27. The average Bonchev–Trinajstić information content (AvgIpc) is 3.47. The summed E-state index contributed by atoms with van der Waals surface area (Å²) in [6.45, 7) is 4.83. The maximum Gasteiger partial charge on any atom is 0.231 e. The third-order valence-corrected chi connectivity index (χ3v) is 6.91. The van der Waals surface area contributed by atoms with Gasteiger partial charge in [0.25, 0.3) is 0 Å². The number of halogens is 1. The summed E-state index contributed by atoms with van der Waals surface area (Å²) >= 11 is 1.60. The quantitative estimate of drug-likeness (QED) is 0.457. The molecule has 6 nitrogen and oxygen atoms in total. The van der Waals surface area contributed by atoms with Crippen LogP contribution < -0.4 is 14.4 Å². The molecule has 2 aromatic heterocycles. The van der Waals surface area contributed by atoms with Crippen LogP contribution in [0.15, 0.2) is 54.2 Å². The number of hydrogen-bond acceptors (Lipinski definition) is 7. The van der Waals surface area contributed by atoms with E-state index in [-0.39, 0.29) is 5.82 Å². The molecule has 0 aliphatic carbocycles. The van der Waals surface area contributed by atoms with Gasteiger partial charge in [-0.25, -0.2) is 14.4 Å². The van der Waals surface area contributed by atoms with Gasteiger partial charge in [0, 0.05) is 43.7 Å². The van der Waals surface area contributed by atoms with Crippen molar-refractivity contribution in [1.29, 1.82) is 0 Å². The molecule has 32 heavy (non-hydrogen) atoms. The van der Waals surface area contributed by atoms with Crippen LogP contribution in [0.3, 0.4) is 0 Å². The monoisotopic (exact) mass is 448 g/mol. The van der Waals surface area contributed by atoms with Crippen molar-refractivity contribution in [2.75, 3.05) is 37.9 Å². The largest absolute Gasteiger partial charge is 0.454 e. The number of anilines is 1. The molecule has 0 saturated carbocycles. The first-order valence-corrected chi connectivity index (χ1v) is 11.5. The molecule has 8 heteroatoms. The predicted octanol–water partition coefficient (Wildman–Crippen LogP) is 4.55.